The van der Waals surface area contributed by atoms with Crippen LogP contribution in [0.15, 0.2) is 36.8 Å². The summed E-state index contributed by atoms with van der Waals surface area (Å²) in [4.78, 5) is 18.1. The fraction of sp³-hybridized carbons (Fsp3) is 0.400. The van der Waals surface area contributed by atoms with Crippen molar-refractivity contribution in [2.75, 3.05) is 18.8 Å². The molecule has 0 spiro atoms. The largest absolute Gasteiger partial charge is 0.486 e. The number of pyridine rings is 1. The summed E-state index contributed by atoms with van der Waals surface area (Å²) in [5.74, 6) is 0.830. The van der Waals surface area contributed by atoms with Crippen molar-refractivity contribution in [2.45, 2.75) is 45.8 Å². The zero-order chi connectivity index (χ0) is 24.6. The summed E-state index contributed by atoms with van der Waals surface area (Å²) in [6.07, 6.45) is 5.08. The first-order valence-corrected chi connectivity index (χ1v) is 11.5. The Balaban J connectivity index is 1.46. The van der Waals surface area contributed by atoms with Gasteiger partial charge in [0, 0.05) is 49.6 Å². The van der Waals surface area contributed by atoms with Gasteiger partial charge in [0.15, 0.2) is 0 Å². The predicted molar refractivity (Wildman–Crippen MR) is 132 cm³/mol. The van der Waals surface area contributed by atoms with Crippen molar-refractivity contribution in [3.05, 3.63) is 58.6 Å². The molecule has 4 rings (SSSR count). The lowest BCUT2D eigenvalue weighted by atomic mass is 9.90. The van der Waals surface area contributed by atoms with Crippen molar-refractivity contribution >= 4 is 23.4 Å². The van der Waals surface area contributed by atoms with Gasteiger partial charge in [-0.05, 0) is 56.5 Å². The number of aryl methyl sites for hydroxylation is 2. The number of carbonyl (C=O) groups excluding carboxylic acids is 1. The Labute approximate surface area is 204 Å². The van der Waals surface area contributed by atoms with E-state index in [-0.39, 0.29) is 18.6 Å². The minimum absolute atomic E-state index is 0.215. The molecule has 1 fully saturated rings. The number of nitrogen functional groups attached to an aromatic ring is 1. The molecule has 9 heteroatoms. The first-order valence-electron chi connectivity index (χ1n) is 11.1. The number of carbonyl (C=O) groups is 1. The SMILES string of the molecule is Cc1cc(C2CN(C(=O)OC(C)(C)C)C2)cc(N)c1OCc1c(-c2cnn(C)c2)ccnc1Cl. The molecule has 2 aromatic heterocycles. The van der Waals surface area contributed by atoms with Gasteiger partial charge in [-0.15, -0.1) is 0 Å². The third-order valence-electron chi connectivity index (χ3n) is 5.71. The van der Waals surface area contributed by atoms with Gasteiger partial charge in [0.05, 0.1) is 11.9 Å². The number of anilines is 1. The first kappa shape index (κ1) is 23.9. The van der Waals surface area contributed by atoms with Gasteiger partial charge in [0.25, 0.3) is 0 Å². The van der Waals surface area contributed by atoms with E-state index >= 15 is 0 Å². The highest BCUT2D eigenvalue weighted by Crippen LogP contribution is 2.36. The van der Waals surface area contributed by atoms with Crippen molar-refractivity contribution in [1.82, 2.24) is 19.7 Å². The predicted octanol–water partition coefficient (Wildman–Crippen LogP) is 4.94. The maximum atomic E-state index is 12.2. The summed E-state index contributed by atoms with van der Waals surface area (Å²) in [6.45, 7) is 8.99. The summed E-state index contributed by atoms with van der Waals surface area (Å²) < 4.78 is 13.3. The molecule has 1 aromatic carbocycles. The number of hydrogen-bond donors (Lipinski definition) is 1. The van der Waals surface area contributed by atoms with E-state index in [9.17, 15) is 4.79 Å². The molecule has 1 amide bonds. The molecule has 0 radical (unpaired) electrons. The number of benzene rings is 1. The molecule has 0 aliphatic carbocycles. The number of rotatable bonds is 5. The van der Waals surface area contributed by atoms with Crippen molar-refractivity contribution in [3.8, 4) is 16.9 Å². The minimum Gasteiger partial charge on any atom is -0.486 e. The molecule has 8 nitrogen and oxygen atoms in total. The van der Waals surface area contributed by atoms with Crippen LogP contribution in [0.1, 0.15) is 43.4 Å². The Bertz CT molecular complexity index is 1190. The highest BCUT2D eigenvalue weighted by atomic mass is 35.5. The molecule has 0 unspecified atom stereocenters. The van der Waals surface area contributed by atoms with Gasteiger partial charge in [-0.2, -0.15) is 5.10 Å². The molecule has 3 aromatic rings. The molecule has 34 heavy (non-hydrogen) atoms. The zero-order valence-electron chi connectivity index (χ0n) is 20.1. The van der Waals surface area contributed by atoms with E-state index in [2.05, 4.69) is 16.1 Å². The van der Waals surface area contributed by atoms with Gasteiger partial charge in [0.2, 0.25) is 0 Å². The number of hydrogen-bond acceptors (Lipinski definition) is 6. The molecule has 3 heterocycles. The monoisotopic (exact) mass is 483 g/mol. The van der Waals surface area contributed by atoms with Crippen LogP contribution in [0.4, 0.5) is 10.5 Å². The van der Waals surface area contributed by atoms with E-state index < -0.39 is 5.60 Å². The molecule has 0 atom stereocenters. The molecule has 1 aliphatic heterocycles. The van der Waals surface area contributed by atoms with Crippen LogP contribution in [0.3, 0.4) is 0 Å². The van der Waals surface area contributed by atoms with E-state index in [0.717, 1.165) is 27.8 Å². The summed E-state index contributed by atoms with van der Waals surface area (Å²) >= 11 is 6.41. The van der Waals surface area contributed by atoms with Crippen molar-refractivity contribution < 1.29 is 14.3 Å². The van der Waals surface area contributed by atoms with Gasteiger partial charge < -0.3 is 20.1 Å². The van der Waals surface area contributed by atoms with E-state index in [1.807, 2.05) is 53.1 Å². The second kappa shape index (κ2) is 9.18. The van der Waals surface area contributed by atoms with Crippen LogP contribution in [-0.4, -0.2) is 44.4 Å². The third-order valence-corrected chi connectivity index (χ3v) is 6.04. The maximum Gasteiger partial charge on any atom is 0.410 e. The number of likely N-dealkylation sites (tertiary alicyclic amines) is 1. The van der Waals surface area contributed by atoms with Gasteiger partial charge in [-0.25, -0.2) is 9.78 Å². The van der Waals surface area contributed by atoms with Gasteiger partial charge in [0.1, 0.15) is 23.1 Å². The second-order valence-electron chi connectivity index (χ2n) is 9.66. The normalized spacial score (nSPS) is 14.1. The molecule has 2 N–H and O–H groups in total. The van der Waals surface area contributed by atoms with Crippen LogP contribution in [0.5, 0.6) is 5.75 Å². The molecule has 1 saturated heterocycles. The van der Waals surface area contributed by atoms with Crippen molar-refractivity contribution in [2.24, 2.45) is 7.05 Å². The number of nitrogens with two attached hydrogens (primary N) is 1. The molecular formula is C25H30ClN5O3. The van der Waals surface area contributed by atoms with Gasteiger partial charge >= 0.3 is 6.09 Å². The zero-order valence-corrected chi connectivity index (χ0v) is 20.9. The Morgan fingerprint density at radius 2 is 2.03 bits per heavy atom. The number of ether oxygens (including phenoxy) is 2. The van der Waals surface area contributed by atoms with E-state index in [1.54, 1.807) is 22.0 Å². The molecule has 180 valence electrons. The highest BCUT2D eigenvalue weighted by molar-refractivity contribution is 6.30. The number of amides is 1. The third kappa shape index (κ3) is 5.12. The van der Waals surface area contributed by atoms with Crippen LogP contribution < -0.4 is 10.5 Å². The maximum absolute atomic E-state index is 12.2. The van der Waals surface area contributed by atoms with Gasteiger partial charge in [-0.3, -0.25) is 4.68 Å². The lowest BCUT2D eigenvalue weighted by Crippen LogP contribution is -2.50. The Kier molecular flexibility index (Phi) is 6.45. The summed E-state index contributed by atoms with van der Waals surface area (Å²) in [5, 5.41) is 4.62. The first-order chi connectivity index (χ1) is 16.0. The van der Waals surface area contributed by atoms with Crippen molar-refractivity contribution in [1.29, 1.82) is 0 Å². The van der Waals surface area contributed by atoms with E-state index in [4.69, 9.17) is 26.8 Å². The van der Waals surface area contributed by atoms with Crippen LogP contribution in [0, 0.1) is 6.92 Å². The van der Waals surface area contributed by atoms with Crippen LogP contribution in [0.2, 0.25) is 5.15 Å². The number of aromatic nitrogens is 3. The molecule has 0 saturated carbocycles. The quantitative estimate of drug-likeness (QED) is 0.408. The van der Waals surface area contributed by atoms with Crippen LogP contribution in [0.25, 0.3) is 11.1 Å². The average molecular weight is 484 g/mol. The summed E-state index contributed by atoms with van der Waals surface area (Å²) in [7, 11) is 1.86. The Morgan fingerprint density at radius 3 is 2.65 bits per heavy atom. The smallest absolute Gasteiger partial charge is 0.410 e. The lowest BCUT2D eigenvalue weighted by molar-refractivity contribution is 0.00819. The molecular weight excluding hydrogens is 454 g/mol. The second-order valence-corrected chi connectivity index (χ2v) is 10.0. The van der Waals surface area contributed by atoms with E-state index in [1.165, 1.54) is 0 Å². The highest BCUT2D eigenvalue weighted by Gasteiger charge is 2.35. The standard InChI is InChI=1S/C25H30ClN5O3/c1-15-8-16(18-12-31(13-18)24(32)34-25(2,3)4)9-21(27)22(15)33-14-20-19(6-7-28-23(20)26)17-10-29-30(5)11-17/h6-11,18H,12-14,27H2,1-5H3. The Morgan fingerprint density at radius 1 is 1.29 bits per heavy atom. The molecule has 1 aliphatic rings. The lowest BCUT2D eigenvalue weighted by Gasteiger charge is -2.40. The summed E-state index contributed by atoms with van der Waals surface area (Å²) in [6, 6.07) is 5.88. The van der Waals surface area contributed by atoms with Crippen molar-refractivity contribution in [3.63, 3.8) is 0 Å². The fourth-order valence-electron chi connectivity index (χ4n) is 4.01. The van der Waals surface area contributed by atoms with E-state index in [0.29, 0.717) is 29.7 Å². The van der Waals surface area contributed by atoms with Crippen LogP contribution in [-0.2, 0) is 18.4 Å². The minimum atomic E-state index is -0.504. The fourth-order valence-corrected chi connectivity index (χ4v) is 4.22. The number of halogens is 1. The Hall–Kier alpha value is -3.26. The summed E-state index contributed by atoms with van der Waals surface area (Å²) in [5.41, 5.74) is 11.1. The number of nitrogens with zero attached hydrogens (tertiary/aromatic N) is 4. The topological polar surface area (TPSA) is 95.5 Å². The van der Waals surface area contributed by atoms with Gasteiger partial charge in [-0.1, -0.05) is 17.7 Å². The average Bonchev–Trinajstić information content (AvgIpc) is 3.12. The van der Waals surface area contributed by atoms with Crippen LogP contribution >= 0.6 is 11.6 Å². The molecule has 0 bridgehead atoms.